The Morgan fingerprint density at radius 3 is 2.76 bits per heavy atom. The van der Waals surface area contributed by atoms with Crippen LogP contribution < -0.4 is 5.32 Å². The first-order valence-corrected chi connectivity index (χ1v) is 7.39. The van der Waals surface area contributed by atoms with E-state index in [0.717, 1.165) is 25.4 Å². The number of ether oxygens (including phenoxy) is 1. The smallest absolute Gasteiger partial charge is 0.228 e. The quantitative estimate of drug-likeness (QED) is 0.929. The standard InChI is InChI=1S/C16H21N3O2/c1-11-5-12(2)7-13(6-11)8-15-18-16(21-19-15)9-14-10-20-4-3-17-14/h5-7,14,17H,3-4,8-10H2,1-2H3. The molecule has 1 aliphatic heterocycles. The monoisotopic (exact) mass is 287 g/mol. The van der Waals surface area contributed by atoms with Crippen LogP contribution in [-0.2, 0) is 17.6 Å². The second kappa shape index (κ2) is 6.37. The zero-order valence-corrected chi connectivity index (χ0v) is 12.6. The Morgan fingerprint density at radius 2 is 2.05 bits per heavy atom. The van der Waals surface area contributed by atoms with Crippen molar-refractivity contribution < 1.29 is 9.26 Å². The van der Waals surface area contributed by atoms with Crippen molar-refractivity contribution in [3.8, 4) is 0 Å². The van der Waals surface area contributed by atoms with E-state index in [1.807, 2.05) is 0 Å². The minimum Gasteiger partial charge on any atom is -0.378 e. The van der Waals surface area contributed by atoms with E-state index < -0.39 is 0 Å². The summed E-state index contributed by atoms with van der Waals surface area (Å²) in [5, 5.41) is 7.47. The van der Waals surface area contributed by atoms with Crippen molar-refractivity contribution in [1.29, 1.82) is 0 Å². The first-order chi connectivity index (χ1) is 10.2. The van der Waals surface area contributed by atoms with Crippen molar-refractivity contribution >= 4 is 0 Å². The lowest BCUT2D eigenvalue weighted by Gasteiger charge is -2.22. The van der Waals surface area contributed by atoms with Gasteiger partial charge in [0.05, 0.1) is 13.2 Å². The summed E-state index contributed by atoms with van der Waals surface area (Å²) >= 11 is 0. The summed E-state index contributed by atoms with van der Waals surface area (Å²) in [5.74, 6) is 1.42. The van der Waals surface area contributed by atoms with Gasteiger partial charge in [0.15, 0.2) is 5.82 Å². The molecule has 1 atom stereocenters. The van der Waals surface area contributed by atoms with Crippen LogP contribution in [0.25, 0.3) is 0 Å². The third-order valence-corrected chi connectivity index (χ3v) is 3.57. The van der Waals surface area contributed by atoms with Crippen LogP contribution in [0.5, 0.6) is 0 Å². The van der Waals surface area contributed by atoms with Crippen molar-refractivity contribution in [3.63, 3.8) is 0 Å². The zero-order valence-electron chi connectivity index (χ0n) is 12.6. The zero-order chi connectivity index (χ0) is 14.7. The third-order valence-electron chi connectivity index (χ3n) is 3.57. The summed E-state index contributed by atoms with van der Waals surface area (Å²) in [6.07, 6.45) is 1.43. The summed E-state index contributed by atoms with van der Waals surface area (Å²) in [6, 6.07) is 6.77. The molecule has 1 unspecified atom stereocenters. The van der Waals surface area contributed by atoms with E-state index in [0.29, 0.717) is 18.9 Å². The molecule has 112 valence electrons. The van der Waals surface area contributed by atoms with E-state index in [1.165, 1.54) is 16.7 Å². The van der Waals surface area contributed by atoms with Gasteiger partial charge in [-0.25, -0.2) is 0 Å². The van der Waals surface area contributed by atoms with Gasteiger partial charge in [0.2, 0.25) is 5.89 Å². The van der Waals surface area contributed by atoms with Gasteiger partial charge < -0.3 is 14.6 Å². The lowest BCUT2D eigenvalue weighted by atomic mass is 10.1. The molecule has 1 aliphatic rings. The molecule has 0 saturated carbocycles. The summed E-state index contributed by atoms with van der Waals surface area (Å²) in [5.41, 5.74) is 3.74. The fraction of sp³-hybridized carbons (Fsp3) is 0.500. The Labute approximate surface area is 124 Å². The number of benzene rings is 1. The summed E-state index contributed by atoms with van der Waals surface area (Å²) < 4.78 is 10.8. The first-order valence-electron chi connectivity index (χ1n) is 7.39. The number of aromatic nitrogens is 2. The topological polar surface area (TPSA) is 60.2 Å². The summed E-state index contributed by atoms with van der Waals surface area (Å²) in [6.45, 7) is 6.57. The molecule has 2 heterocycles. The highest BCUT2D eigenvalue weighted by atomic mass is 16.5. The lowest BCUT2D eigenvalue weighted by Crippen LogP contribution is -2.42. The van der Waals surface area contributed by atoms with E-state index in [-0.39, 0.29) is 6.04 Å². The maximum Gasteiger partial charge on any atom is 0.228 e. The summed E-state index contributed by atoms with van der Waals surface area (Å²) in [7, 11) is 0. The van der Waals surface area contributed by atoms with E-state index in [1.54, 1.807) is 0 Å². The van der Waals surface area contributed by atoms with E-state index in [9.17, 15) is 0 Å². The second-order valence-electron chi connectivity index (χ2n) is 5.71. The molecule has 21 heavy (non-hydrogen) atoms. The molecule has 1 aromatic heterocycles. The predicted molar refractivity (Wildman–Crippen MR) is 79.3 cm³/mol. The Morgan fingerprint density at radius 1 is 1.24 bits per heavy atom. The molecule has 5 nitrogen and oxygen atoms in total. The molecule has 1 aromatic carbocycles. The average molecular weight is 287 g/mol. The van der Waals surface area contributed by atoms with Crippen LogP contribution in [-0.4, -0.2) is 35.9 Å². The Hall–Kier alpha value is -1.72. The number of nitrogens with one attached hydrogen (secondary N) is 1. The van der Waals surface area contributed by atoms with Gasteiger partial charge >= 0.3 is 0 Å². The second-order valence-corrected chi connectivity index (χ2v) is 5.71. The average Bonchev–Trinajstić information content (AvgIpc) is 2.86. The van der Waals surface area contributed by atoms with Crippen LogP contribution in [0.4, 0.5) is 0 Å². The highest BCUT2D eigenvalue weighted by molar-refractivity contribution is 5.30. The Bertz CT molecular complexity index is 583. The van der Waals surface area contributed by atoms with Crippen LogP contribution in [0.1, 0.15) is 28.4 Å². The van der Waals surface area contributed by atoms with Crippen LogP contribution in [0, 0.1) is 13.8 Å². The normalized spacial score (nSPS) is 18.9. The number of hydrogen-bond acceptors (Lipinski definition) is 5. The molecular formula is C16H21N3O2. The molecule has 1 fully saturated rings. The predicted octanol–water partition coefficient (Wildman–Crippen LogP) is 1.81. The maximum absolute atomic E-state index is 5.43. The number of aryl methyl sites for hydroxylation is 2. The Balaban J connectivity index is 1.64. The van der Waals surface area contributed by atoms with Crippen LogP contribution in [0.2, 0.25) is 0 Å². The fourth-order valence-corrected chi connectivity index (χ4v) is 2.76. The molecule has 2 aromatic rings. The highest BCUT2D eigenvalue weighted by Crippen LogP contribution is 2.13. The van der Waals surface area contributed by atoms with E-state index in [2.05, 4.69) is 47.5 Å². The van der Waals surface area contributed by atoms with Crippen LogP contribution in [0.15, 0.2) is 22.7 Å². The van der Waals surface area contributed by atoms with E-state index in [4.69, 9.17) is 9.26 Å². The van der Waals surface area contributed by atoms with Crippen molar-refractivity contribution in [2.24, 2.45) is 0 Å². The molecule has 0 amide bonds. The van der Waals surface area contributed by atoms with E-state index >= 15 is 0 Å². The van der Waals surface area contributed by atoms with Crippen molar-refractivity contribution in [2.75, 3.05) is 19.8 Å². The molecule has 5 heteroatoms. The van der Waals surface area contributed by atoms with Gasteiger partial charge in [-0.2, -0.15) is 4.98 Å². The first kappa shape index (κ1) is 14.2. The molecule has 1 N–H and O–H groups in total. The molecule has 0 bridgehead atoms. The Kier molecular flexibility index (Phi) is 4.31. The molecule has 3 rings (SSSR count). The maximum atomic E-state index is 5.43. The van der Waals surface area contributed by atoms with Crippen LogP contribution >= 0.6 is 0 Å². The number of nitrogens with zero attached hydrogens (tertiary/aromatic N) is 2. The molecule has 0 radical (unpaired) electrons. The van der Waals surface area contributed by atoms with Gasteiger partial charge in [-0.3, -0.25) is 0 Å². The third kappa shape index (κ3) is 3.89. The summed E-state index contributed by atoms with van der Waals surface area (Å²) in [4.78, 5) is 4.49. The minimum absolute atomic E-state index is 0.272. The molecule has 1 saturated heterocycles. The van der Waals surface area contributed by atoms with Gasteiger partial charge in [0.1, 0.15) is 0 Å². The van der Waals surface area contributed by atoms with Gasteiger partial charge in [-0.05, 0) is 19.4 Å². The highest BCUT2D eigenvalue weighted by Gasteiger charge is 2.17. The van der Waals surface area contributed by atoms with Gasteiger partial charge in [-0.15, -0.1) is 0 Å². The largest absolute Gasteiger partial charge is 0.378 e. The number of hydrogen-bond donors (Lipinski definition) is 1. The fourth-order valence-electron chi connectivity index (χ4n) is 2.76. The minimum atomic E-state index is 0.272. The van der Waals surface area contributed by atoms with Crippen LogP contribution in [0.3, 0.4) is 0 Å². The van der Waals surface area contributed by atoms with Crippen molar-refractivity contribution in [3.05, 3.63) is 46.6 Å². The van der Waals surface area contributed by atoms with Gasteiger partial charge in [0, 0.05) is 25.4 Å². The molecule has 0 aliphatic carbocycles. The van der Waals surface area contributed by atoms with Gasteiger partial charge in [-0.1, -0.05) is 34.5 Å². The SMILES string of the molecule is Cc1cc(C)cc(Cc2noc(CC3COCCN3)n2)c1. The number of morpholine rings is 1. The van der Waals surface area contributed by atoms with Gasteiger partial charge in [0.25, 0.3) is 0 Å². The van der Waals surface area contributed by atoms with Crippen molar-refractivity contribution in [2.45, 2.75) is 32.7 Å². The number of rotatable bonds is 4. The molecule has 0 spiro atoms. The molecular weight excluding hydrogens is 266 g/mol. The lowest BCUT2D eigenvalue weighted by molar-refractivity contribution is 0.0744. The van der Waals surface area contributed by atoms with Crippen molar-refractivity contribution in [1.82, 2.24) is 15.5 Å².